The van der Waals surface area contributed by atoms with Crippen LogP contribution in [-0.4, -0.2) is 47.1 Å². The van der Waals surface area contributed by atoms with Crippen molar-refractivity contribution in [3.8, 4) is 0 Å². The molecule has 0 aromatic heterocycles. The largest absolute Gasteiger partial charge is 0.367 e. The highest BCUT2D eigenvalue weighted by molar-refractivity contribution is 7.99. The summed E-state index contributed by atoms with van der Waals surface area (Å²) in [5, 5.41) is 12.7. The van der Waals surface area contributed by atoms with Gasteiger partial charge in [-0.05, 0) is 12.5 Å². The van der Waals surface area contributed by atoms with Crippen molar-refractivity contribution >= 4 is 29.3 Å². The van der Waals surface area contributed by atoms with Gasteiger partial charge in [-0.15, -0.1) is 11.8 Å². The monoisotopic (exact) mass is 338 g/mol. The zero-order valence-corrected chi connectivity index (χ0v) is 12.9. The minimum atomic E-state index is -0.893. The quantitative estimate of drug-likeness (QED) is 0.504. The smallest absolute Gasteiger partial charge is 0.285 e. The summed E-state index contributed by atoms with van der Waals surface area (Å²) in [6.45, 7) is 1.17. The van der Waals surface area contributed by atoms with E-state index in [4.69, 9.17) is 5.73 Å². The van der Waals surface area contributed by atoms with E-state index in [1.807, 2.05) is 4.90 Å². The number of nitrogens with two attached hydrogens (primary N) is 1. The predicted molar refractivity (Wildman–Crippen MR) is 80.8 cm³/mol. The van der Waals surface area contributed by atoms with Crippen LogP contribution < -0.4 is 16.0 Å². The third kappa shape index (κ3) is 2.08. The molecule has 1 aromatic rings. The van der Waals surface area contributed by atoms with Gasteiger partial charge in [0.2, 0.25) is 0 Å². The number of nitrogens with one attached hydrogen (secondary N) is 1. The highest BCUT2D eigenvalue weighted by Crippen LogP contribution is 2.46. The summed E-state index contributed by atoms with van der Waals surface area (Å²) < 4.78 is 14.7. The Kier molecular flexibility index (Phi) is 3.34. The fourth-order valence-electron chi connectivity index (χ4n) is 3.37. The van der Waals surface area contributed by atoms with Crippen LogP contribution in [0.25, 0.3) is 0 Å². The molecule has 1 aromatic carbocycles. The maximum Gasteiger partial charge on any atom is 0.285 e. The number of hydrogen-bond donors (Lipinski definition) is 3. The molecule has 0 bridgehead atoms. The van der Waals surface area contributed by atoms with Gasteiger partial charge in [0, 0.05) is 35.5 Å². The number of benzene rings is 1. The van der Waals surface area contributed by atoms with Crippen molar-refractivity contribution in [2.45, 2.75) is 23.4 Å². The average Bonchev–Trinajstić information content (AvgIpc) is 2.96. The zero-order chi connectivity index (χ0) is 16.3. The molecule has 122 valence electrons. The molecule has 4 rings (SSSR count). The van der Waals surface area contributed by atoms with E-state index in [1.165, 1.54) is 11.8 Å². The van der Waals surface area contributed by atoms with E-state index in [2.05, 4.69) is 5.32 Å². The number of carbonyl (C=O) groups is 2. The van der Waals surface area contributed by atoms with E-state index in [-0.39, 0.29) is 16.7 Å². The molecule has 2 unspecified atom stereocenters. The van der Waals surface area contributed by atoms with Gasteiger partial charge < -0.3 is 10.6 Å². The van der Waals surface area contributed by atoms with Crippen LogP contribution >= 0.6 is 11.8 Å². The first-order valence-corrected chi connectivity index (χ1v) is 8.28. The number of imide groups is 1. The minimum Gasteiger partial charge on any atom is -0.367 e. The third-order valence-electron chi connectivity index (χ3n) is 4.46. The van der Waals surface area contributed by atoms with E-state index in [1.54, 1.807) is 0 Å². The Hall–Kier alpha value is -1.68. The molecule has 0 radical (unpaired) electrons. The molecule has 3 heterocycles. The second-order valence-electron chi connectivity index (χ2n) is 5.87. The summed E-state index contributed by atoms with van der Waals surface area (Å²) in [4.78, 5) is 26.7. The Bertz CT molecular complexity index is 728. The first-order chi connectivity index (χ1) is 11.0. The lowest BCUT2D eigenvalue weighted by Crippen LogP contribution is -2.49. The normalized spacial score (nSPS) is 26.7. The zero-order valence-electron chi connectivity index (χ0n) is 12.1. The van der Waals surface area contributed by atoms with Gasteiger partial charge in [0.15, 0.2) is 0 Å². The van der Waals surface area contributed by atoms with Crippen LogP contribution in [0.4, 0.5) is 10.1 Å². The van der Waals surface area contributed by atoms with Gasteiger partial charge in [0.1, 0.15) is 11.9 Å². The Morgan fingerprint density at radius 1 is 1.43 bits per heavy atom. The Labute approximate surface area is 135 Å². The summed E-state index contributed by atoms with van der Waals surface area (Å²) in [7, 11) is 0. The number of thioether (sulfide) groups is 1. The van der Waals surface area contributed by atoms with Gasteiger partial charge in [-0.1, -0.05) is 0 Å². The first kappa shape index (κ1) is 14.9. The maximum atomic E-state index is 14.7. The van der Waals surface area contributed by atoms with Gasteiger partial charge in [0.05, 0.1) is 11.3 Å². The molecule has 4 N–H and O–H groups in total. The van der Waals surface area contributed by atoms with Crippen LogP contribution in [0.3, 0.4) is 0 Å². The van der Waals surface area contributed by atoms with Gasteiger partial charge in [-0.2, -0.15) is 5.06 Å². The van der Waals surface area contributed by atoms with Crippen LogP contribution in [0.5, 0.6) is 0 Å². The van der Waals surface area contributed by atoms with Crippen molar-refractivity contribution in [1.82, 2.24) is 10.4 Å². The standard InChI is InChI=1S/C14H15FN4O3S/c15-8-3-7-9-10(14(21)19(22)13(7)20)17-5-23-12(9)11(8)18-2-1-6(16)4-18/h3,6,10,17,22H,1-2,4-5,16H2. The minimum absolute atomic E-state index is 0.0173. The summed E-state index contributed by atoms with van der Waals surface area (Å²) in [5.41, 5.74) is 6.80. The van der Waals surface area contributed by atoms with E-state index in [9.17, 15) is 19.2 Å². The summed E-state index contributed by atoms with van der Waals surface area (Å²) in [6.07, 6.45) is 0.768. The van der Waals surface area contributed by atoms with Crippen molar-refractivity contribution < 1.29 is 19.2 Å². The average molecular weight is 338 g/mol. The van der Waals surface area contributed by atoms with Gasteiger partial charge in [-0.3, -0.25) is 20.1 Å². The van der Waals surface area contributed by atoms with Gasteiger partial charge in [0.25, 0.3) is 11.8 Å². The lowest BCUT2D eigenvalue weighted by atomic mass is 9.93. The van der Waals surface area contributed by atoms with Crippen molar-refractivity contribution in [3.63, 3.8) is 0 Å². The van der Waals surface area contributed by atoms with Crippen LogP contribution in [-0.2, 0) is 4.79 Å². The van der Waals surface area contributed by atoms with Gasteiger partial charge >= 0.3 is 0 Å². The topological polar surface area (TPSA) is 98.9 Å². The second kappa shape index (κ2) is 5.17. The summed E-state index contributed by atoms with van der Waals surface area (Å²) in [5.74, 6) is -1.77. The molecular weight excluding hydrogens is 323 g/mol. The third-order valence-corrected chi connectivity index (χ3v) is 5.47. The fourth-order valence-corrected chi connectivity index (χ4v) is 4.51. The van der Waals surface area contributed by atoms with E-state index in [0.717, 1.165) is 12.5 Å². The molecule has 3 aliphatic heterocycles. The molecule has 1 fully saturated rings. The number of carbonyl (C=O) groups excluding carboxylic acids is 2. The number of rotatable bonds is 1. The van der Waals surface area contributed by atoms with E-state index >= 15 is 0 Å². The highest BCUT2D eigenvalue weighted by atomic mass is 32.2. The molecule has 23 heavy (non-hydrogen) atoms. The molecule has 2 amide bonds. The molecule has 7 nitrogen and oxygen atoms in total. The first-order valence-electron chi connectivity index (χ1n) is 7.29. The number of amides is 2. The Morgan fingerprint density at radius 2 is 2.22 bits per heavy atom. The van der Waals surface area contributed by atoms with Crippen molar-refractivity contribution in [1.29, 1.82) is 0 Å². The van der Waals surface area contributed by atoms with Crippen LogP contribution in [0.1, 0.15) is 28.4 Å². The number of hydroxylamine groups is 2. The maximum absolute atomic E-state index is 14.7. The summed E-state index contributed by atoms with van der Waals surface area (Å²) in [6, 6.07) is 0.257. The van der Waals surface area contributed by atoms with Crippen molar-refractivity contribution in [2.75, 3.05) is 23.9 Å². The molecule has 0 saturated carbocycles. The molecule has 9 heteroatoms. The molecule has 1 saturated heterocycles. The summed E-state index contributed by atoms with van der Waals surface area (Å²) >= 11 is 1.35. The molecule has 3 aliphatic rings. The van der Waals surface area contributed by atoms with E-state index < -0.39 is 23.7 Å². The molecular formula is C14H15FN4O3S. The number of anilines is 1. The van der Waals surface area contributed by atoms with Crippen LogP contribution in [0.15, 0.2) is 11.0 Å². The fraction of sp³-hybridized carbons (Fsp3) is 0.429. The van der Waals surface area contributed by atoms with Crippen LogP contribution in [0, 0.1) is 5.82 Å². The Morgan fingerprint density at radius 3 is 2.91 bits per heavy atom. The van der Waals surface area contributed by atoms with Crippen LogP contribution in [0.2, 0.25) is 0 Å². The number of hydrogen-bond acceptors (Lipinski definition) is 7. The molecule has 2 atom stereocenters. The van der Waals surface area contributed by atoms with Gasteiger partial charge in [-0.25, -0.2) is 4.39 Å². The Balaban J connectivity index is 1.92. The number of nitrogens with zero attached hydrogens (tertiary/aromatic N) is 2. The van der Waals surface area contributed by atoms with Crippen molar-refractivity contribution in [3.05, 3.63) is 23.0 Å². The lowest BCUT2D eigenvalue weighted by Gasteiger charge is -2.36. The predicted octanol–water partition coefficient (Wildman–Crippen LogP) is 0.429. The second-order valence-corrected chi connectivity index (χ2v) is 6.86. The highest BCUT2D eigenvalue weighted by Gasteiger charge is 2.44. The SMILES string of the molecule is NC1CCN(c2c(F)cc3c4c2SCNC4C(=O)N(O)C3=O)C1. The van der Waals surface area contributed by atoms with Crippen molar-refractivity contribution in [2.24, 2.45) is 5.73 Å². The molecule has 0 aliphatic carbocycles. The molecule has 0 spiro atoms. The number of halogens is 1. The van der Waals surface area contributed by atoms with E-state index in [0.29, 0.717) is 35.1 Å². The lowest BCUT2D eigenvalue weighted by molar-refractivity contribution is -0.157.